The summed E-state index contributed by atoms with van der Waals surface area (Å²) < 4.78 is 29.3. The Labute approximate surface area is 141 Å². The largest absolute Gasteiger partial charge is 0.452 e. The van der Waals surface area contributed by atoms with Gasteiger partial charge in [-0.1, -0.05) is 24.3 Å². The Morgan fingerprint density at radius 3 is 2.46 bits per heavy atom. The van der Waals surface area contributed by atoms with Crippen LogP contribution >= 0.6 is 0 Å². The SMILES string of the molecule is C[S@](=O)c1ccccc1C(=O)OCC(=O)NCc1ccc(F)cc1. The number of halogens is 1. The molecule has 0 bridgehead atoms. The summed E-state index contributed by atoms with van der Waals surface area (Å²) in [5.74, 6) is -1.55. The molecule has 0 aliphatic rings. The molecule has 0 fully saturated rings. The van der Waals surface area contributed by atoms with E-state index in [0.717, 1.165) is 5.56 Å². The third-order valence-electron chi connectivity index (χ3n) is 3.15. The first-order chi connectivity index (χ1) is 11.5. The number of carbonyl (C=O) groups excluding carboxylic acids is 2. The molecule has 1 atom stereocenters. The van der Waals surface area contributed by atoms with Gasteiger partial charge in [0.2, 0.25) is 0 Å². The van der Waals surface area contributed by atoms with E-state index in [1.54, 1.807) is 30.3 Å². The van der Waals surface area contributed by atoms with E-state index in [1.807, 2.05) is 0 Å². The highest BCUT2D eigenvalue weighted by atomic mass is 32.2. The highest BCUT2D eigenvalue weighted by molar-refractivity contribution is 7.84. The third-order valence-corrected chi connectivity index (χ3v) is 4.13. The summed E-state index contributed by atoms with van der Waals surface area (Å²) in [6.07, 6.45) is 1.46. The fourth-order valence-electron chi connectivity index (χ4n) is 1.95. The molecular formula is C17H16FNO4S. The van der Waals surface area contributed by atoms with Crippen molar-refractivity contribution >= 4 is 22.7 Å². The molecule has 0 unspecified atom stereocenters. The van der Waals surface area contributed by atoms with Gasteiger partial charge in [0.1, 0.15) is 5.82 Å². The first-order valence-electron chi connectivity index (χ1n) is 7.08. The van der Waals surface area contributed by atoms with Gasteiger partial charge >= 0.3 is 5.97 Å². The highest BCUT2D eigenvalue weighted by Crippen LogP contribution is 2.13. The molecule has 0 aliphatic carbocycles. The van der Waals surface area contributed by atoms with Crippen molar-refractivity contribution in [2.45, 2.75) is 11.4 Å². The van der Waals surface area contributed by atoms with E-state index in [0.29, 0.717) is 4.90 Å². The third kappa shape index (κ3) is 4.99. The molecule has 2 aromatic carbocycles. The van der Waals surface area contributed by atoms with Gasteiger partial charge in [-0.25, -0.2) is 9.18 Å². The molecule has 2 aromatic rings. The lowest BCUT2D eigenvalue weighted by Crippen LogP contribution is -2.28. The Bertz CT molecular complexity index is 761. The summed E-state index contributed by atoms with van der Waals surface area (Å²) in [6, 6.07) is 12.1. The molecule has 1 amide bonds. The Morgan fingerprint density at radius 2 is 1.79 bits per heavy atom. The second-order valence-electron chi connectivity index (χ2n) is 4.93. The summed E-state index contributed by atoms with van der Waals surface area (Å²) in [5.41, 5.74) is 0.896. The number of esters is 1. The van der Waals surface area contributed by atoms with Gasteiger partial charge in [0, 0.05) is 12.8 Å². The van der Waals surface area contributed by atoms with Crippen LogP contribution in [0.15, 0.2) is 53.4 Å². The summed E-state index contributed by atoms with van der Waals surface area (Å²) in [7, 11) is -1.34. The number of amides is 1. The maximum Gasteiger partial charge on any atom is 0.339 e. The molecule has 0 saturated carbocycles. The zero-order chi connectivity index (χ0) is 17.5. The predicted molar refractivity (Wildman–Crippen MR) is 87.3 cm³/mol. The van der Waals surface area contributed by atoms with Gasteiger partial charge in [0.15, 0.2) is 6.61 Å². The van der Waals surface area contributed by atoms with Gasteiger partial charge in [-0.3, -0.25) is 9.00 Å². The molecule has 126 valence electrons. The van der Waals surface area contributed by atoms with Crippen molar-refractivity contribution in [3.8, 4) is 0 Å². The molecule has 7 heteroatoms. The number of ether oxygens (including phenoxy) is 1. The molecule has 0 spiro atoms. The van der Waals surface area contributed by atoms with Crippen molar-refractivity contribution in [1.82, 2.24) is 5.32 Å². The summed E-state index contributed by atoms with van der Waals surface area (Å²) in [6.45, 7) is -0.253. The predicted octanol–water partition coefficient (Wildman–Crippen LogP) is 2.04. The number of carbonyl (C=O) groups is 2. The summed E-state index contributed by atoms with van der Waals surface area (Å²) >= 11 is 0. The summed E-state index contributed by atoms with van der Waals surface area (Å²) in [4.78, 5) is 24.1. The number of hydrogen-bond donors (Lipinski definition) is 1. The smallest absolute Gasteiger partial charge is 0.339 e. The van der Waals surface area contributed by atoms with E-state index in [2.05, 4.69) is 5.32 Å². The van der Waals surface area contributed by atoms with Crippen LogP contribution < -0.4 is 5.32 Å². The van der Waals surface area contributed by atoms with Gasteiger partial charge in [0.05, 0.1) is 21.3 Å². The second kappa shape index (κ2) is 8.35. The second-order valence-corrected chi connectivity index (χ2v) is 6.28. The highest BCUT2D eigenvalue weighted by Gasteiger charge is 2.15. The van der Waals surface area contributed by atoms with Crippen molar-refractivity contribution in [3.63, 3.8) is 0 Å². The fraction of sp³-hybridized carbons (Fsp3) is 0.176. The van der Waals surface area contributed by atoms with Crippen LogP contribution in [0.5, 0.6) is 0 Å². The Kier molecular flexibility index (Phi) is 6.20. The molecule has 24 heavy (non-hydrogen) atoms. The maximum atomic E-state index is 12.8. The first kappa shape index (κ1) is 17.8. The van der Waals surface area contributed by atoms with Crippen LogP contribution in [0.2, 0.25) is 0 Å². The van der Waals surface area contributed by atoms with Crippen molar-refractivity contribution in [2.24, 2.45) is 0 Å². The van der Waals surface area contributed by atoms with E-state index in [4.69, 9.17) is 4.74 Å². The molecule has 0 saturated heterocycles. The normalized spacial score (nSPS) is 11.6. The standard InChI is InChI=1S/C17H16FNO4S/c1-24(22)15-5-3-2-4-14(15)17(21)23-11-16(20)19-10-12-6-8-13(18)9-7-12/h2-9H,10-11H2,1H3,(H,19,20)/t24-/m0/s1. The van der Waals surface area contributed by atoms with E-state index in [1.165, 1.54) is 24.5 Å². The van der Waals surface area contributed by atoms with Crippen LogP contribution in [0.25, 0.3) is 0 Å². The minimum absolute atomic E-state index is 0.171. The van der Waals surface area contributed by atoms with Crippen molar-refractivity contribution < 1.29 is 22.9 Å². The van der Waals surface area contributed by atoms with Gasteiger partial charge in [0.25, 0.3) is 5.91 Å². The molecule has 0 aromatic heterocycles. The average Bonchev–Trinajstić information content (AvgIpc) is 2.59. The first-order valence-corrected chi connectivity index (χ1v) is 8.64. The number of hydrogen-bond acceptors (Lipinski definition) is 4. The van der Waals surface area contributed by atoms with E-state index >= 15 is 0 Å². The maximum absolute atomic E-state index is 12.8. The van der Waals surface area contributed by atoms with E-state index in [-0.39, 0.29) is 17.9 Å². The fourth-order valence-corrected chi connectivity index (χ4v) is 2.68. The topological polar surface area (TPSA) is 72.5 Å². The molecule has 5 nitrogen and oxygen atoms in total. The van der Waals surface area contributed by atoms with Crippen molar-refractivity contribution in [1.29, 1.82) is 0 Å². The molecule has 2 rings (SSSR count). The van der Waals surface area contributed by atoms with Gasteiger partial charge < -0.3 is 10.1 Å². The van der Waals surface area contributed by atoms with Crippen LogP contribution in [0, 0.1) is 5.82 Å². The quantitative estimate of drug-likeness (QED) is 0.810. The van der Waals surface area contributed by atoms with Crippen LogP contribution in [0.1, 0.15) is 15.9 Å². The van der Waals surface area contributed by atoms with E-state index in [9.17, 15) is 18.2 Å². The van der Waals surface area contributed by atoms with E-state index < -0.39 is 29.3 Å². The minimum Gasteiger partial charge on any atom is -0.452 e. The number of benzene rings is 2. The molecule has 0 aliphatic heterocycles. The van der Waals surface area contributed by atoms with Crippen LogP contribution in [-0.2, 0) is 26.9 Å². The van der Waals surface area contributed by atoms with Crippen LogP contribution in [0.4, 0.5) is 4.39 Å². The van der Waals surface area contributed by atoms with Crippen LogP contribution in [-0.4, -0.2) is 28.9 Å². The minimum atomic E-state index is -1.34. The average molecular weight is 349 g/mol. The molecular weight excluding hydrogens is 333 g/mol. The van der Waals surface area contributed by atoms with Gasteiger partial charge in [-0.2, -0.15) is 0 Å². The Morgan fingerprint density at radius 1 is 1.12 bits per heavy atom. The summed E-state index contributed by atoms with van der Waals surface area (Å²) in [5, 5.41) is 2.56. The molecule has 0 heterocycles. The number of nitrogens with one attached hydrogen (secondary N) is 1. The molecule has 1 N–H and O–H groups in total. The van der Waals surface area contributed by atoms with Crippen molar-refractivity contribution in [2.75, 3.05) is 12.9 Å². The van der Waals surface area contributed by atoms with Crippen LogP contribution in [0.3, 0.4) is 0 Å². The van der Waals surface area contributed by atoms with Gasteiger partial charge in [-0.15, -0.1) is 0 Å². The lowest BCUT2D eigenvalue weighted by molar-refractivity contribution is -0.124. The lowest BCUT2D eigenvalue weighted by atomic mass is 10.2. The number of rotatable bonds is 6. The zero-order valence-electron chi connectivity index (χ0n) is 13.0. The molecule has 0 radical (unpaired) electrons. The Hall–Kier alpha value is -2.54. The Balaban J connectivity index is 1.86. The monoisotopic (exact) mass is 349 g/mol. The lowest BCUT2D eigenvalue weighted by Gasteiger charge is -2.08. The van der Waals surface area contributed by atoms with Gasteiger partial charge in [-0.05, 0) is 29.8 Å². The van der Waals surface area contributed by atoms with Crippen molar-refractivity contribution in [3.05, 3.63) is 65.5 Å². The zero-order valence-corrected chi connectivity index (χ0v) is 13.8.